The highest BCUT2D eigenvalue weighted by Crippen LogP contribution is 2.23. The van der Waals surface area contributed by atoms with Gasteiger partial charge in [0.25, 0.3) is 0 Å². The van der Waals surface area contributed by atoms with Crippen molar-refractivity contribution in [3.63, 3.8) is 0 Å². The largest absolute Gasteiger partial charge is 0.240 e. The normalized spacial score (nSPS) is 14.0. The number of thiazole rings is 1. The van der Waals surface area contributed by atoms with Gasteiger partial charge in [0, 0.05) is 12.9 Å². The Morgan fingerprint density at radius 1 is 1.40 bits per heavy atom. The van der Waals surface area contributed by atoms with Crippen molar-refractivity contribution in [1.82, 2.24) is 9.29 Å². The Balaban J connectivity index is 2.12. The monoisotopic (exact) mass is 332 g/mol. The molecule has 0 N–H and O–H groups in total. The quantitative estimate of drug-likeness (QED) is 0.764. The van der Waals surface area contributed by atoms with E-state index in [0.717, 1.165) is 15.2 Å². The molecule has 0 radical (unpaired) electrons. The summed E-state index contributed by atoms with van der Waals surface area (Å²) < 4.78 is 26.8. The van der Waals surface area contributed by atoms with Gasteiger partial charge in [-0.15, -0.1) is 22.9 Å². The van der Waals surface area contributed by atoms with Crippen molar-refractivity contribution in [2.75, 3.05) is 18.7 Å². The molecule has 0 fully saturated rings. The van der Waals surface area contributed by atoms with Crippen molar-refractivity contribution in [3.05, 3.63) is 29.3 Å². The first-order valence-corrected chi connectivity index (χ1v) is 9.23. The van der Waals surface area contributed by atoms with Gasteiger partial charge in [0.15, 0.2) is 0 Å². The Labute approximate surface area is 128 Å². The molecule has 2 aromatic rings. The molecule has 2 rings (SSSR count). The lowest BCUT2D eigenvalue weighted by Gasteiger charge is -2.17. The van der Waals surface area contributed by atoms with E-state index in [0.29, 0.717) is 12.4 Å². The first-order valence-electron chi connectivity index (χ1n) is 6.27. The molecular weight excluding hydrogens is 316 g/mol. The van der Waals surface area contributed by atoms with E-state index in [1.807, 2.05) is 31.2 Å². The highest BCUT2D eigenvalue weighted by Gasteiger charge is 2.22. The van der Waals surface area contributed by atoms with E-state index in [2.05, 4.69) is 4.98 Å². The molecule has 0 bridgehead atoms. The molecule has 1 aromatic carbocycles. The first-order chi connectivity index (χ1) is 9.42. The number of sulfonamides is 1. The van der Waals surface area contributed by atoms with E-state index in [-0.39, 0.29) is 11.7 Å². The highest BCUT2D eigenvalue weighted by molar-refractivity contribution is 7.89. The van der Waals surface area contributed by atoms with Crippen LogP contribution in [0.5, 0.6) is 0 Å². The molecule has 0 aliphatic carbocycles. The molecule has 0 aliphatic heterocycles. The van der Waals surface area contributed by atoms with Gasteiger partial charge in [-0.25, -0.2) is 13.4 Å². The summed E-state index contributed by atoms with van der Waals surface area (Å²) in [6, 6.07) is 7.79. The van der Waals surface area contributed by atoms with Gasteiger partial charge in [0.05, 0.1) is 22.5 Å². The summed E-state index contributed by atoms with van der Waals surface area (Å²) in [4.78, 5) is 4.45. The Bertz CT molecular complexity index is 651. The molecule has 20 heavy (non-hydrogen) atoms. The van der Waals surface area contributed by atoms with Crippen LogP contribution >= 0.6 is 22.9 Å². The zero-order valence-electron chi connectivity index (χ0n) is 11.4. The molecule has 0 aliphatic rings. The third kappa shape index (κ3) is 3.69. The van der Waals surface area contributed by atoms with E-state index in [9.17, 15) is 8.42 Å². The van der Waals surface area contributed by atoms with Gasteiger partial charge in [0.1, 0.15) is 5.01 Å². The molecule has 1 atom stereocenters. The predicted octanol–water partition coefficient (Wildman–Crippen LogP) is 2.93. The van der Waals surface area contributed by atoms with Crippen molar-refractivity contribution < 1.29 is 8.42 Å². The third-order valence-electron chi connectivity index (χ3n) is 2.93. The Morgan fingerprint density at radius 2 is 2.10 bits per heavy atom. The van der Waals surface area contributed by atoms with Crippen LogP contribution in [0.25, 0.3) is 10.2 Å². The fraction of sp³-hybridized carbons (Fsp3) is 0.462. The number of fused-ring (bicyclic) bond motifs is 1. The van der Waals surface area contributed by atoms with Gasteiger partial charge >= 0.3 is 0 Å². The molecule has 1 aromatic heterocycles. The average Bonchev–Trinajstić information content (AvgIpc) is 2.80. The second kappa shape index (κ2) is 6.39. The summed E-state index contributed by atoms with van der Waals surface area (Å²) in [5.41, 5.74) is 0.910. The van der Waals surface area contributed by atoms with Gasteiger partial charge < -0.3 is 0 Å². The van der Waals surface area contributed by atoms with E-state index >= 15 is 0 Å². The summed E-state index contributed by atoms with van der Waals surface area (Å²) in [5, 5.41) is 0.802. The number of aromatic nitrogens is 1. The van der Waals surface area contributed by atoms with Crippen LogP contribution in [0.2, 0.25) is 0 Å². The minimum Gasteiger partial charge on any atom is -0.240 e. The molecule has 0 amide bonds. The number of hydrogen-bond donors (Lipinski definition) is 0. The van der Waals surface area contributed by atoms with E-state index in [1.54, 1.807) is 7.05 Å². The maximum absolute atomic E-state index is 12.2. The summed E-state index contributed by atoms with van der Waals surface area (Å²) in [6.45, 7) is 2.13. The van der Waals surface area contributed by atoms with Gasteiger partial charge in [-0.3, -0.25) is 0 Å². The molecule has 4 nitrogen and oxygen atoms in total. The van der Waals surface area contributed by atoms with Crippen LogP contribution in [0.4, 0.5) is 0 Å². The fourth-order valence-corrected chi connectivity index (χ4v) is 4.56. The van der Waals surface area contributed by atoms with Crippen LogP contribution in [0.15, 0.2) is 24.3 Å². The van der Waals surface area contributed by atoms with Gasteiger partial charge in [-0.05, 0) is 18.1 Å². The Hall–Kier alpha value is -0.690. The lowest BCUT2D eigenvalue weighted by Crippen LogP contribution is -2.31. The summed E-state index contributed by atoms with van der Waals surface area (Å²) in [7, 11) is -1.71. The molecule has 0 saturated heterocycles. The van der Waals surface area contributed by atoms with Gasteiger partial charge in [0.2, 0.25) is 10.0 Å². The van der Waals surface area contributed by atoms with E-state index in [4.69, 9.17) is 11.6 Å². The minimum atomic E-state index is -3.29. The summed E-state index contributed by atoms with van der Waals surface area (Å²) in [6.07, 6.45) is 0. The number of nitrogens with zero attached hydrogens (tertiary/aromatic N) is 2. The van der Waals surface area contributed by atoms with E-state index in [1.165, 1.54) is 15.6 Å². The molecular formula is C13H17ClN2O2S2. The van der Waals surface area contributed by atoms with E-state index < -0.39 is 10.0 Å². The maximum atomic E-state index is 12.2. The second-order valence-corrected chi connectivity index (χ2v) is 8.41. The Morgan fingerprint density at radius 3 is 2.75 bits per heavy atom. The molecule has 1 unspecified atom stereocenters. The SMILES string of the molecule is CC(CCl)CS(=O)(=O)N(C)Cc1nc2ccccc2s1. The summed E-state index contributed by atoms with van der Waals surface area (Å²) in [5.74, 6) is 0.353. The van der Waals surface area contributed by atoms with Gasteiger partial charge in [-0.1, -0.05) is 19.1 Å². The topological polar surface area (TPSA) is 50.3 Å². The van der Waals surface area contributed by atoms with Crippen LogP contribution in [-0.2, 0) is 16.6 Å². The minimum absolute atomic E-state index is 0.0560. The second-order valence-electron chi connectivity index (χ2n) is 4.87. The lowest BCUT2D eigenvalue weighted by molar-refractivity contribution is 0.459. The zero-order valence-corrected chi connectivity index (χ0v) is 13.8. The van der Waals surface area contributed by atoms with Crippen molar-refractivity contribution in [3.8, 4) is 0 Å². The van der Waals surface area contributed by atoms with Crippen LogP contribution in [0.3, 0.4) is 0 Å². The fourth-order valence-electron chi connectivity index (χ4n) is 1.81. The van der Waals surface area contributed by atoms with Crippen molar-refractivity contribution >= 4 is 43.2 Å². The van der Waals surface area contributed by atoms with Gasteiger partial charge in [-0.2, -0.15) is 4.31 Å². The standard InChI is InChI=1S/C13H17ClN2O2S2/c1-10(7-14)9-20(17,18)16(2)8-13-15-11-5-3-4-6-12(11)19-13/h3-6,10H,7-9H2,1-2H3. The number of benzene rings is 1. The molecule has 0 spiro atoms. The molecule has 110 valence electrons. The number of rotatable bonds is 6. The molecule has 7 heteroatoms. The number of halogens is 1. The van der Waals surface area contributed by atoms with Crippen molar-refractivity contribution in [2.24, 2.45) is 5.92 Å². The first kappa shape index (κ1) is 15.7. The molecule has 1 heterocycles. The van der Waals surface area contributed by atoms with Crippen molar-refractivity contribution in [2.45, 2.75) is 13.5 Å². The maximum Gasteiger partial charge on any atom is 0.214 e. The van der Waals surface area contributed by atoms with Crippen LogP contribution in [-0.4, -0.2) is 36.4 Å². The van der Waals surface area contributed by atoms with Crippen molar-refractivity contribution in [1.29, 1.82) is 0 Å². The Kier molecular flexibility index (Phi) is 5.01. The van der Waals surface area contributed by atoms with Crippen LogP contribution in [0.1, 0.15) is 11.9 Å². The third-order valence-corrected chi connectivity index (χ3v) is 6.55. The summed E-state index contributed by atoms with van der Waals surface area (Å²) >= 11 is 7.21. The predicted molar refractivity (Wildman–Crippen MR) is 84.8 cm³/mol. The smallest absolute Gasteiger partial charge is 0.214 e. The van der Waals surface area contributed by atoms with Crippen LogP contribution in [0, 0.1) is 5.92 Å². The molecule has 0 saturated carbocycles. The number of alkyl halides is 1. The zero-order chi connectivity index (χ0) is 14.8. The average molecular weight is 333 g/mol. The number of hydrogen-bond acceptors (Lipinski definition) is 4. The highest BCUT2D eigenvalue weighted by atomic mass is 35.5. The van der Waals surface area contributed by atoms with Crippen LogP contribution < -0.4 is 0 Å². The lowest BCUT2D eigenvalue weighted by atomic mass is 10.3. The number of para-hydroxylation sites is 1.